The third-order valence-electron chi connectivity index (χ3n) is 7.80. The van der Waals surface area contributed by atoms with Crippen molar-refractivity contribution in [3.05, 3.63) is 11.6 Å². The predicted octanol–water partition coefficient (Wildman–Crippen LogP) is 4.73. The molecule has 0 rings (SSSR count). The Bertz CT molecular complexity index is 562. The molecule has 0 fully saturated rings. The van der Waals surface area contributed by atoms with Crippen molar-refractivity contribution in [3.8, 4) is 0 Å². The molecule has 0 aliphatic heterocycles. The normalized spacial score (nSPS) is 14.9. The van der Waals surface area contributed by atoms with Crippen LogP contribution < -0.4 is 0 Å². The molecule has 0 aliphatic carbocycles. The summed E-state index contributed by atoms with van der Waals surface area (Å²) in [7, 11) is 0. The maximum atomic E-state index is 9.82. The van der Waals surface area contributed by atoms with E-state index < -0.39 is 30.7 Å². The minimum atomic E-state index is -1.15. The van der Waals surface area contributed by atoms with Crippen molar-refractivity contribution < 1.29 is 35.0 Å². The zero-order chi connectivity index (χ0) is 28.9. The van der Waals surface area contributed by atoms with Crippen LogP contribution in [0.4, 0.5) is 0 Å². The van der Waals surface area contributed by atoms with Crippen LogP contribution >= 0.6 is 0 Å². The lowest BCUT2D eigenvalue weighted by Crippen LogP contribution is -2.43. The van der Waals surface area contributed by atoms with Crippen molar-refractivity contribution in [2.45, 2.75) is 98.8 Å². The molecule has 0 heterocycles. The van der Waals surface area contributed by atoms with E-state index in [9.17, 15) is 25.5 Å². The van der Waals surface area contributed by atoms with Crippen LogP contribution in [0.15, 0.2) is 11.6 Å². The van der Waals surface area contributed by atoms with Gasteiger partial charge in [0, 0.05) is 0 Å². The Labute approximate surface area is 233 Å². The molecule has 0 aromatic rings. The SMILES string of the molecule is CC(=CCCOCC(CO)(CO)COCC(CO)(CO)CO)CCCC(C)CCCC(C)CCCC(C)C. The lowest BCUT2D eigenvalue weighted by atomic mass is 9.90. The molecule has 0 saturated carbocycles. The van der Waals surface area contributed by atoms with Crippen molar-refractivity contribution in [3.63, 3.8) is 0 Å². The van der Waals surface area contributed by atoms with E-state index in [1.54, 1.807) is 0 Å². The van der Waals surface area contributed by atoms with Gasteiger partial charge in [0.2, 0.25) is 0 Å². The van der Waals surface area contributed by atoms with E-state index in [-0.39, 0.29) is 33.0 Å². The smallest absolute Gasteiger partial charge is 0.0632 e. The first-order valence-electron chi connectivity index (χ1n) is 15.0. The molecule has 228 valence electrons. The number of aliphatic hydroxyl groups is 5. The van der Waals surface area contributed by atoms with Crippen LogP contribution in [0.25, 0.3) is 0 Å². The average molecular weight is 547 g/mol. The van der Waals surface area contributed by atoms with Crippen LogP contribution in [0.2, 0.25) is 0 Å². The summed E-state index contributed by atoms with van der Waals surface area (Å²) in [6.07, 6.45) is 14.7. The number of rotatable bonds is 26. The standard InChI is InChI=1S/C31H62O7/c1-26(2)10-6-11-27(3)12-7-13-28(4)14-8-15-29(5)16-9-17-37-24-31(21-35,22-36)25-38-23-30(18-32,19-33)20-34/h16,26-28,32-36H,6-15,17-25H2,1-5H3. The number of hydrogen-bond donors (Lipinski definition) is 5. The van der Waals surface area contributed by atoms with Gasteiger partial charge in [-0.3, -0.25) is 0 Å². The average Bonchev–Trinajstić information content (AvgIpc) is 2.90. The van der Waals surface area contributed by atoms with E-state index >= 15 is 0 Å². The fraction of sp³-hybridized carbons (Fsp3) is 0.935. The van der Waals surface area contributed by atoms with Gasteiger partial charge >= 0.3 is 0 Å². The summed E-state index contributed by atoms with van der Waals surface area (Å²) >= 11 is 0. The molecule has 0 amide bonds. The van der Waals surface area contributed by atoms with E-state index in [2.05, 4.69) is 40.7 Å². The summed E-state index contributed by atoms with van der Waals surface area (Å²) in [4.78, 5) is 0. The van der Waals surface area contributed by atoms with Gasteiger partial charge in [0.05, 0.1) is 70.3 Å². The van der Waals surface area contributed by atoms with Gasteiger partial charge in [-0.25, -0.2) is 0 Å². The highest BCUT2D eigenvalue weighted by atomic mass is 16.5. The molecular weight excluding hydrogens is 484 g/mol. The highest BCUT2D eigenvalue weighted by molar-refractivity contribution is 4.97. The molecule has 38 heavy (non-hydrogen) atoms. The Morgan fingerprint density at radius 2 is 1.08 bits per heavy atom. The number of aliphatic hydroxyl groups excluding tert-OH is 5. The first-order chi connectivity index (χ1) is 18.1. The van der Waals surface area contributed by atoms with Gasteiger partial charge in [0.25, 0.3) is 0 Å². The lowest BCUT2D eigenvalue weighted by Gasteiger charge is -2.32. The summed E-state index contributed by atoms with van der Waals surface area (Å²) in [6.45, 7) is 10.2. The third kappa shape index (κ3) is 17.2. The van der Waals surface area contributed by atoms with Crippen molar-refractivity contribution in [1.82, 2.24) is 0 Å². The molecule has 5 N–H and O–H groups in total. The second-order valence-corrected chi connectivity index (χ2v) is 12.5. The molecule has 7 nitrogen and oxygen atoms in total. The highest BCUT2D eigenvalue weighted by Gasteiger charge is 2.33. The minimum Gasteiger partial charge on any atom is -0.396 e. The molecule has 0 spiro atoms. The maximum Gasteiger partial charge on any atom is 0.0632 e. The van der Waals surface area contributed by atoms with Gasteiger partial charge in [-0.05, 0) is 43.9 Å². The number of hydrogen-bond acceptors (Lipinski definition) is 7. The Hall–Kier alpha value is -0.540. The van der Waals surface area contributed by atoms with Crippen LogP contribution in [-0.4, -0.2) is 85.0 Å². The molecule has 2 atom stereocenters. The second kappa shape index (κ2) is 22.2. The summed E-state index contributed by atoms with van der Waals surface area (Å²) < 4.78 is 11.3. The van der Waals surface area contributed by atoms with Crippen LogP contribution in [0.1, 0.15) is 98.8 Å². The molecular formula is C31H62O7. The topological polar surface area (TPSA) is 120 Å². The van der Waals surface area contributed by atoms with Crippen molar-refractivity contribution in [1.29, 1.82) is 0 Å². The number of allylic oxidation sites excluding steroid dienone is 1. The van der Waals surface area contributed by atoms with E-state index in [0.717, 1.165) is 30.6 Å². The Balaban J connectivity index is 4.13. The summed E-state index contributed by atoms with van der Waals surface area (Å²) in [6, 6.07) is 0. The zero-order valence-corrected chi connectivity index (χ0v) is 25.3. The molecule has 0 bridgehead atoms. The van der Waals surface area contributed by atoms with Gasteiger partial charge in [-0.1, -0.05) is 84.3 Å². The molecule has 7 heteroatoms. The van der Waals surface area contributed by atoms with Gasteiger partial charge in [-0.15, -0.1) is 0 Å². The zero-order valence-electron chi connectivity index (χ0n) is 25.3. The van der Waals surface area contributed by atoms with Crippen LogP contribution in [0.5, 0.6) is 0 Å². The second-order valence-electron chi connectivity index (χ2n) is 12.5. The molecule has 0 aliphatic rings. The van der Waals surface area contributed by atoms with E-state index in [0.29, 0.717) is 6.61 Å². The molecule has 0 radical (unpaired) electrons. The molecule has 0 aromatic carbocycles. The van der Waals surface area contributed by atoms with E-state index in [4.69, 9.17) is 9.47 Å². The molecule has 0 aromatic heterocycles. The van der Waals surface area contributed by atoms with Crippen LogP contribution in [-0.2, 0) is 9.47 Å². The monoisotopic (exact) mass is 546 g/mol. The maximum absolute atomic E-state index is 9.82. The quantitative estimate of drug-likeness (QED) is 0.0786. The summed E-state index contributed by atoms with van der Waals surface area (Å²) in [5.41, 5.74) is -0.762. The Morgan fingerprint density at radius 1 is 0.632 bits per heavy atom. The van der Waals surface area contributed by atoms with Crippen molar-refractivity contribution in [2.24, 2.45) is 28.6 Å². The fourth-order valence-corrected chi connectivity index (χ4v) is 4.53. The highest BCUT2D eigenvalue weighted by Crippen LogP contribution is 2.23. The fourth-order valence-electron chi connectivity index (χ4n) is 4.53. The largest absolute Gasteiger partial charge is 0.396 e. The summed E-state index contributed by atoms with van der Waals surface area (Å²) in [5, 5.41) is 47.9. The van der Waals surface area contributed by atoms with Crippen LogP contribution in [0, 0.1) is 28.6 Å². The first kappa shape index (κ1) is 37.5. The van der Waals surface area contributed by atoms with E-state index in [1.165, 1.54) is 56.9 Å². The molecule has 0 saturated heterocycles. The van der Waals surface area contributed by atoms with Crippen molar-refractivity contribution >= 4 is 0 Å². The van der Waals surface area contributed by atoms with Gasteiger partial charge in [0.15, 0.2) is 0 Å². The minimum absolute atomic E-state index is 0.00809. The van der Waals surface area contributed by atoms with Gasteiger partial charge in [-0.2, -0.15) is 0 Å². The number of ether oxygens (including phenoxy) is 2. The lowest BCUT2D eigenvalue weighted by molar-refractivity contribution is -0.111. The Kier molecular flexibility index (Phi) is 21.9. The third-order valence-corrected chi connectivity index (χ3v) is 7.80. The first-order valence-corrected chi connectivity index (χ1v) is 15.0. The van der Waals surface area contributed by atoms with E-state index in [1.807, 2.05) is 0 Å². The van der Waals surface area contributed by atoms with Gasteiger partial charge < -0.3 is 35.0 Å². The Morgan fingerprint density at radius 3 is 1.58 bits per heavy atom. The van der Waals surface area contributed by atoms with Gasteiger partial charge in [0.1, 0.15) is 0 Å². The van der Waals surface area contributed by atoms with Crippen LogP contribution in [0.3, 0.4) is 0 Å². The molecule has 2 unspecified atom stereocenters. The predicted molar refractivity (Wildman–Crippen MR) is 155 cm³/mol. The summed E-state index contributed by atoms with van der Waals surface area (Å²) in [5.74, 6) is 2.45. The van der Waals surface area contributed by atoms with Crippen molar-refractivity contribution in [2.75, 3.05) is 59.5 Å².